The second kappa shape index (κ2) is 7.21. The summed E-state index contributed by atoms with van der Waals surface area (Å²) in [7, 11) is 1.57. The molecule has 1 saturated heterocycles. The van der Waals surface area contributed by atoms with Gasteiger partial charge in [-0.3, -0.25) is 4.79 Å². The number of benzene rings is 2. The molecule has 0 radical (unpaired) electrons. The fourth-order valence-electron chi connectivity index (χ4n) is 2.70. The maximum absolute atomic E-state index is 13.0. The molecule has 1 aliphatic heterocycles. The molecule has 2 aromatic rings. The second-order valence-corrected chi connectivity index (χ2v) is 5.71. The van der Waals surface area contributed by atoms with Gasteiger partial charge in [-0.15, -0.1) is 0 Å². The number of hydrogen-bond acceptors (Lipinski definition) is 3. The summed E-state index contributed by atoms with van der Waals surface area (Å²) in [4.78, 5) is 25.8. The average Bonchev–Trinajstić information content (AvgIpc) is 2.96. The summed E-state index contributed by atoms with van der Waals surface area (Å²) >= 11 is 0. The van der Waals surface area contributed by atoms with Gasteiger partial charge in [-0.05, 0) is 48.5 Å². The average molecular weight is 343 g/mol. The van der Waals surface area contributed by atoms with Crippen LogP contribution in [0.3, 0.4) is 0 Å². The van der Waals surface area contributed by atoms with E-state index in [1.165, 1.54) is 17.0 Å². The zero-order valence-electron chi connectivity index (χ0n) is 13.7. The second-order valence-electron chi connectivity index (χ2n) is 5.71. The van der Waals surface area contributed by atoms with Crippen molar-refractivity contribution in [3.05, 3.63) is 54.3 Å². The Balaban J connectivity index is 1.57. The van der Waals surface area contributed by atoms with Gasteiger partial charge >= 0.3 is 6.03 Å². The Bertz CT molecular complexity index is 762. The first kappa shape index (κ1) is 16.8. The Morgan fingerprint density at radius 3 is 2.48 bits per heavy atom. The van der Waals surface area contributed by atoms with Crippen LogP contribution in [0.25, 0.3) is 0 Å². The van der Waals surface area contributed by atoms with Gasteiger partial charge in [-0.2, -0.15) is 0 Å². The number of methoxy groups -OCH3 is 1. The first-order valence-corrected chi connectivity index (χ1v) is 7.82. The maximum Gasteiger partial charge on any atom is 0.319 e. The molecule has 1 unspecified atom stereocenters. The highest BCUT2D eigenvalue weighted by Crippen LogP contribution is 2.22. The molecule has 1 fully saturated rings. The molecule has 7 heteroatoms. The van der Waals surface area contributed by atoms with Gasteiger partial charge in [0, 0.05) is 24.3 Å². The molecule has 0 bridgehead atoms. The van der Waals surface area contributed by atoms with Gasteiger partial charge in [-0.25, -0.2) is 9.18 Å². The monoisotopic (exact) mass is 343 g/mol. The van der Waals surface area contributed by atoms with Crippen molar-refractivity contribution in [3.8, 4) is 5.75 Å². The molecule has 1 heterocycles. The normalized spacial score (nSPS) is 16.6. The van der Waals surface area contributed by atoms with E-state index in [2.05, 4.69) is 10.6 Å². The van der Waals surface area contributed by atoms with Gasteiger partial charge in [0.15, 0.2) is 0 Å². The van der Waals surface area contributed by atoms with Crippen LogP contribution in [-0.4, -0.2) is 31.6 Å². The predicted molar refractivity (Wildman–Crippen MR) is 92.3 cm³/mol. The Hall–Kier alpha value is -3.09. The van der Waals surface area contributed by atoms with E-state index in [1.54, 1.807) is 43.5 Å². The predicted octanol–water partition coefficient (Wildman–Crippen LogP) is 2.76. The lowest BCUT2D eigenvalue weighted by atomic mass is 10.2. The lowest BCUT2D eigenvalue weighted by Crippen LogP contribution is -2.39. The van der Waals surface area contributed by atoms with Crippen LogP contribution < -0.4 is 20.3 Å². The lowest BCUT2D eigenvalue weighted by Gasteiger charge is -2.17. The molecule has 25 heavy (non-hydrogen) atoms. The van der Waals surface area contributed by atoms with Crippen LogP contribution in [0.4, 0.5) is 20.6 Å². The molecule has 1 atom stereocenters. The number of nitrogens with one attached hydrogen (secondary N) is 2. The number of carbonyl (C=O) groups excluding carboxylic acids is 2. The number of ether oxygens (including phenoxy) is 1. The number of anilines is 2. The fourth-order valence-corrected chi connectivity index (χ4v) is 2.70. The van der Waals surface area contributed by atoms with E-state index in [4.69, 9.17) is 4.74 Å². The van der Waals surface area contributed by atoms with E-state index in [0.717, 1.165) is 0 Å². The van der Waals surface area contributed by atoms with Gasteiger partial charge in [0.1, 0.15) is 11.6 Å². The first-order chi connectivity index (χ1) is 12.0. The number of nitrogens with zero attached hydrogens (tertiary/aromatic N) is 1. The largest absolute Gasteiger partial charge is 0.497 e. The number of amides is 3. The van der Waals surface area contributed by atoms with Crippen LogP contribution in [0.5, 0.6) is 5.75 Å². The standard InChI is InChI=1S/C18H18FN3O3/c1-25-16-8-4-13(5-9-16)20-18(24)21-14-10-17(23)22(11-14)15-6-2-12(19)3-7-15/h2-9,14H,10-11H2,1H3,(H2,20,21,24). The highest BCUT2D eigenvalue weighted by Gasteiger charge is 2.31. The molecule has 2 N–H and O–H groups in total. The van der Waals surface area contributed by atoms with Crippen LogP contribution in [-0.2, 0) is 4.79 Å². The highest BCUT2D eigenvalue weighted by atomic mass is 19.1. The molecule has 0 aliphatic carbocycles. The van der Waals surface area contributed by atoms with E-state index in [-0.39, 0.29) is 30.2 Å². The van der Waals surface area contributed by atoms with Crippen LogP contribution in [0, 0.1) is 5.82 Å². The van der Waals surface area contributed by atoms with E-state index in [0.29, 0.717) is 23.7 Å². The molecule has 130 valence electrons. The Morgan fingerprint density at radius 2 is 1.84 bits per heavy atom. The van der Waals surface area contributed by atoms with E-state index < -0.39 is 0 Å². The minimum atomic E-state index is -0.385. The Morgan fingerprint density at radius 1 is 1.16 bits per heavy atom. The summed E-state index contributed by atoms with van der Waals surface area (Å²) < 4.78 is 18.1. The minimum Gasteiger partial charge on any atom is -0.497 e. The van der Waals surface area contributed by atoms with Crippen LogP contribution >= 0.6 is 0 Å². The maximum atomic E-state index is 13.0. The summed E-state index contributed by atoms with van der Waals surface area (Å²) in [6, 6.07) is 11.9. The summed E-state index contributed by atoms with van der Waals surface area (Å²) in [6.45, 7) is 0.348. The minimum absolute atomic E-state index is 0.110. The molecule has 0 spiro atoms. The summed E-state index contributed by atoms with van der Waals surface area (Å²) in [5.74, 6) is 0.229. The summed E-state index contributed by atoms with van der Waals surface area (Å²) in [5.41, 5.74) is 1.24. The SMILES string of the molecule is COc1ccc(NC(=O)NC2CC(=O)N(c3ccc(F)cc3)C2)cc1. The molecular weight excluding hydrogens is 325 g/mol. The summed E-state index contributed by atoms with van der Waals surface area (Å²) in [6.07, 6.45) is 0.202. The lowest BCUT2D eigenvalue weighted by molar-refractivity contribution is -0.117. The molecule has 6 nitrogen and oxygen atoms in total. The number of rotatable bonds is 4. The quantitative estimate of drug-likeness (QED) is 0.897. The third kappa shape index (κ3) is 4.06. The Labute approximate surface area is 144 Å². The van der Waals surface area contributed by atoms with Crippen molar-refractivity contribution < 1.29 is 18.7 Å². The third-order valence-electron chi connectivity index (χ3n) is 3.95. The molecule has 3 amide bonds. The molecule has 0 aromatic heterocycles. The number of urea groups is 1. The van der Waals surface area contributed by atoms with Crippen molar-refractivity contribution in [1.29, 1.82) is 0 Å². The van der Waals surface area contributed by atoms with Gasteiger partial charge < -0.3 is 20.3 Å². The Kier molecular flexibility index (Phi) is 4.83. The van der Waals surface area contributed by atoms with Gasteiger partial charge in [-0.1, -0.05) is 0 Å². The smallest absolute Gasteiger partial charge is 0.319 e. The van der Waals surface area contributed by atoms with Crippen molar-refractivity contribution in [2.45, 2.75) is 12.5 Å². The number of carbonyl (C=O) groups is 2. The molecule has 3 rings (SSSR count). The van der Waals surface area contributed by atoms with Gasteiger partial charge in [0.05, 0.1) is 13.2 Å². The van der Waals surface area contributed by atoms with Crippen molar-refractivity contribution in [3.63, 3.8) is 0 Å². The van der Waals surface area contributed by atoms with Crippen molar-refractivity contribution >= 4 is 23.3 Å². The van der Waals surface area contributed by atoms with Crippen molar-refractivity contribution in [1.82, 2.24) is 5.32 Å². The van der Waals surface area contributed by atoms with E-state index in [9.17, 15) is 14.0 Å². The molecule has 0 saturated carbocycles. The zero-order valence-corrected chi connectivity index (χ0v) is 13.7. The number of halogens is 1. The fraction of sp³-hybridized carbons (Fsp3) is 0.222. The first-order valence-electron chi connectivity index (χ1n) is 7.82. The highest BCUT2D eigenvalue weighted by molar-refractivity contribution is 5.97. The topological polar surface area (TPSA) is 70.7 Å². The van der Waals surface area contributed by atoms with E-state index >= 15 is 0 Å². The van der Waals surface area contributed by atoms with Gasteiger partial charge in [0.2, 0.25) is 5.91 Å². The van der Waals surface area contributed by atoms with Crippen molar-refractivity contribution in [2.24, 2.45) is 0 Å². The van der Waals surface area contributed by atoms with Crippen LogP contribution in [0.2, 0.25) is 0 Å². The van der Waals surface area contributed by atoms with Crippen LogP contribution in [0.15, 0.2) is 48.5 Å². The van der Waals surface area contributed by atoms with E-state index in [1.807, 2.05) is 0 Å². The van der Waals surface area contributed by atoms with Crippen LogP contribution in [0.1, 0.15) is 6.42 Å². The van der Waals surface area contributed by atoms with Gasteiger partial charge in [0.25, 0.3) is 0 Å². The molecule has 1 aliphatic rings. The summed E-state index contributed by atoms with van der Waals surface area (Å²) in [5, 5.41) is 5.49. The van der Waals surface area contributed by atoms with Crippen molar-refractivity contribution in [2.75, 3.05) is 23.9 Å². The molecular formula is C18H18FN3O3. The number of hydrogen-bond donors (Lipinski definition) is 2. The zero-order chi connectivity index (χ0) is 17.8. The molecule has 2 aromatic carbocycles. The third-order valence-corrected chi connectivity index (χ3v) is 3.95.